The second-order valence-corrected chi connectivity index (χ2v) is 6.67. The van der Waals surface area contributed by atoms with Crippen molar-refractivity contribution in [3.63, 3.8) is 0 Å². The van der Waals surface area contributed by atoms with Gasteiger partial charge in [-0.15, -0.1) is 0 Å². The third-order valence-corrected chi connectivity index (χ3v) is 4.81. The number of pyridine rings is 1. The molecule has 0 aliphatic carbocycles. The number of rotatable bonds is 6. The number of piperidine rings is 1. The highest BCUT2D eigenvalue weighted by Gasteiger charge is 2.20. The monoisotopic (exact) mass is 353 g/mol. The first-order chi connectivity index (χ1) is 12.6. The van der Waals surface area contributed by atoms with Gasteiger partial charge >= 0.3 is 5.97 Å². The molecule has 0 radical (unpaired) electrons. The summed E-state index contributed by atoms with van der Waals surface area (Å²) >= 11 is 0. The maximum absolute atomic E-state index is 12.2. The molecule has 0 bridgehead atoms. The van der Waals surface area contributed by atoms with Crippen LogP contribution in [0.1, 0.15) is 39.1 Å². The molecule has 1 aromatic heterocycles. The molecule has 1 fully saturated rings. The standard InChI is InChI=1S/C20H23N3O3/c24-19(17-1-3-18(4-2-17)20(25)26)22-13-15-7-11-23(12-8-15)14-16-5-9-21-10-6-16/h1-6,9-10,15H,7-8,11-14H2,(H,22,24)(H,25,26). The van der Waals surface area contributed by atoms with E-state index < -0.39 is 5.97 Å². The number of likely N-dealkylation sites (tertiary alicyclic amines) is 1. The molecule has 0 unspecified atom stereocenters. The van der Waals surface area contributed by atoms with Gasteiger partial charge in [0.1, 0.15) is 0 Å². The molecule has 1 aliphatic rings. The third kappa shape index (κ3) is 4.89. The molecule has 136 valence electrons. The Hall–Kier alpha value is -2.73. The number of hydrogen-bond acceptors (Lipinski definition) is 4. The molecule has 2 heterocycles. The molecule has 0 spiro atoms. The SMILES string of the molecule is O=C(O)c1ccc(C(=O)NCC2CCN(Cc3ccncc3)CC2)cc1. The third-order valence-electron chi connectivity index (χ3n) is 4.81. The molecule has 1 aromatic carbocycles. The van der Waals surface area contributed by atoms with Crippen LogP contribution in [0.5, 0.6) is 0 Å². The Labute approximate surface area is 152 Å². The fraction of sp³-hybridized carbons (Fsp3) is 0.350. The van der Waals surface area contributed by atoms with Crippen molar-refractivity contribution in [2.45, 2.75) is 19.4 Å². The molecule has 2 N–H and O–H groups in total. The number of benzene rings is 1. The van der Waals surface area contributed by atoms with Crippen LogP contribution in [0.2, 0.25) is 0 Å². The highest BCUT2D eigenvalue weighted by atomic mass is 16.4. The van der Waals surface area contributed by atoms with Crippen molar-refractivity contribution in [3.05, 3.63) is 65.5 Å². The van der Waals surface area contributed by atoms with Gasteiger partial charge in [-0.3, -0.25) is 14.7 Å². The second-order valence-electron chi connectivity index (χ2n) is 6.67. The largest absolute Gasteiger partial charge is 0.478 e. The fourth-order valence-corrected chi connectivity index (χ4v) is 3.20. The van der Waals surface area contributed by atoms with Crippen LogP contribution in [-0.2, 0) is 6.54 Å². The number of carboxylic acid groups (broad SMARTS) is 1. The zero-order chi connectivity index (χ0) is 18.4. The molecule has 6 heteroatoms. The number of nitrogens with one attached hydrogen (secondary N) is 1. The Morgan fingerprint density at radius 2 is 1.65 bits per heavy atom. The number of hydrogen-bond donors (Lipinski definition) is 2. The maximum Gasteiger partial charge on any atom is 0.335 e. The molecule has 0 saturated carbocycles. The van der Waals surface area contributed by atoms with E-state index in [0.29, 0.717) is 18.0 Å². The average Bonchev–Trinajstić information content (AvgIpc) is 2.68. The molecular formula is C20H23N3O3. The van der Waals surface area contributed by atoms with Gasteiger partial charge in [0.05, 0.1) is 5.56 Å². The predicted octanol–water partition coefficient (Wildman–Crippen LogP) is 2.42. The summed E-state index contributed by atoms with van der Waals surface area (Å²) in [6, 6.07) is 10.1. The zero-order valence-corrected chi connectivity index (χ0v) is 14.6. The minimum atomic E-state index is -0.990. The Kier molecular flexibility index (Phi) is 5.96. The lowest BCUT2D eigenvalue weighted by Gasteiger charge is -2.32. The van der Waals surface area contributed by atoms with E-state index in [1.54, 1.807) is 12.1 Å². The van der Waals surface area contributed by atoms with Gasteiger partial charge in [-0.25, -0.2) is 4.79 Å². The predicted molar refractivity (Wildman–Crippen MR) is 98.0 cm³/mol. The molecule has 1 aliphatic heterocycles. The summed E-state index contributed by atoms with van der Waals surface area (Å²) in [5.41, 5.74) is 1.95. The van der Waals surface area contributed by atoms with E-state index in [1.807, 2.05) is 24.5 Å². The number of amides is 1. The van der Waals surface area contributed by atoms with Crippen LogP contribution in [0.25, 0.3) is 0 Å². The quantitative estimate of drug-likeness (QED) is 0.833. The molecule has 26 heavy (non-hydrogen) atoms. The summed E-state index contributed by atoms with van der Waals surface area (Å²) < 4.78 is 0. The Morgan fingerprint density at radius 1 is 1.04 bits per heavy atom. The molecule has 2 aromatic rings. The van der Waals surface area contributed by atoms with E-state index in [1.165, 1.54) is 17.7 Å². The molecule has 0 atom stereocenters. The topological polar surface area (TPSA) is 82.5 Å². The molecule has 1 amide bonds. The first kappa shape index (κ1) is 18.1. The lowest BCUT2D eigenvalue weighted by atomic mass is 9.96. The lowest BCUT2D eigenvalue weighted by molar-refractivity contribution is 0.0696. The molecule has 3 rings (SSSR count). The number of aromatic carboxylic acids is 1. The Bertz CT molecular complexity index is 739. The number of carboxylic acids is 1. The van der Waals surface area contributed by atoms with Crippen LogP contribution in [0.4, 0.5) is 0 Å². The van der Waals surface area contributed by atoms with Gasteiger partial charge in [0, 0.05) is 31.0 Å². The molecule has 6 nitrogen and oxygen atoms in total. The van der Waals surface area contributed by atoms with Crippen LogP contribution in [-0.4, -0.2) is 46.5 Å². The van der Waals surface area contributed by atoms with Crippen LogP contribution >= 0.6 is 0 Å². The van der Waals surface area contributed by atoms with E-state index >= 15 is 0 Å². The summed E-state index contributed by atoms with van der Waals surface area (Å²) in [5.74, 6) is -0.664. The average molecular weight is 353 g/mol. The van der Waals surface area contributed by atoms with Gasteiger partial charge in [-0.2, -0.15) is 0 Å². The number of nitrogens with zero attached hydrogens (tertiary/aromatic N) is 2. The summed E-state index contributed by atoms with van der Waals surface area (Å²) in [6.07, 6.45) is 5.76. The van der Waals surface area contributed by atoms with E-state index in [2.05, 4.69) is 15.2 Å². The van der Waals surface area contributed by atoms with Gasteiger partial charge in [0.25, 0.3) is 5.91 Å². The normalized spacial score (nSPS) is 15.5. The second kappa shape index (κ2) is 8.58. The zero-order valence-electron chi connectivity index (χ0n) is 14.6. The van der Waals surface area contributed by atoms with Crippen molar-refractivity contribution in [3.8, 4) is 0 Å². The first-order valence-corrected chi connectivity index (χ1v) is 8.84. The van der Waals surface area contributed by atoms with E-state index in [4.69, 9.17) is 5.11 Å². The van der Waals surface area contributed by atoms with E-state index in [0.717, 1.165) is 32.5 Å². The van der Waals surface area contributed by atoms with Crippen molar-refractivity contribution in [2.75, 3.05) is 19.6 Å². The minimum absolute atomic E-state index is 0.152. The van der Waals surface area contributed by atoms with Crippen molar-refractivity contribution >= 4 is 11.9 Å². The smallest absolute Gasteiger partial charge is 0.335 e. The summed E-state index contributed by atoms with van der Waals surface area (Å²) in [5, 5.41) is 11.9. The number of carbonyl (C=O) groups excluding carboxylic acids is 1. The lowest BCUT2D eigenvalue weighted by Crippen LogP contribution is -2.38. The van der Waals surface area contributed by atoms with Crippen molar-refractivity contribution < 1.29 is 14.7 Å². The highest BCUT2D eigenvalue weighted by Crippen LogP contribution is 2.18. The van der Waals surface area contributed by atoms with E-state index in [-0.39, 0.29) is 11.5 Å². The first-order valence-electron chi connectivity index (χ1n) is 8.84. The van der Waals surface area contributed by atoms with E-state index in [9.17, 15) is 9.59 Å². The number of aromatic nitrogens is 1. The Morgan fingerprint density at radius 3 is 2.27 bits per heavy atom. The van der Waals surface area contributed by atoms with Crippen molar-refractivity contribution in [2.24, 2.45) is 5.92 Å². The van der Waals surface area contributed by atoms with Crippen LogP contribution in [0.3, 0.4) is 0 Å². The highest BCUT2D eigenvalue weighted by molar-refractivity contribution is 5.95. The van der Waals surface area contributed by atoms with Crippen molar-refractivity contribution in [1.82, 2.24) is 15.2 Å². The van der Waals surface area contributed by atoms with Crippen LogP contribution in [0.15, 0.2) is 48.8 Å². The van der Waals surface area contributed by atoms with Gasteiger partial charge in [-0.1, -0.05) is 0 Å². The molecular weight excluding hydrogens is 330 g/mol. The number of carbonyl (C=O) groups is 2. The molecule has 1 saturated heterocycles. The minimum Gasteiger partial charge on any atom is -0.478 e. The fourth-order valence-electron chi connectivity index (χ4n) is 3.20. The van der Waals surface area contributed by atoms with Crippen LogP contribution < -0.4 is 5.32 Å². The van der Waals surface area contributed by atoms with Gasteiger partial charge in [0.2, 0.25) is 0 Å². The van der Waals surface area contributed by atoms with Gasteiger partial charge < -0.3 is 10.4 Å². The Balaban J connectivity index is 1.42. The summed E-state index contributed by atoms with van der Waals surface area (Å²) in [4.78, 5) is 29.5. The maximum atomic E-state index is 12.2. The van der Waals surface area contributed by atoms with Gasteiger partial charge in [0.15, 0.2) is 0 Å². The van der Waals surface area contributed by atoms with Crippen LogP contribution in [0, 0.1) is 5.92 Å². The van der Waals surface area contributed by atoms with Gasteiger partial charge in [-0.05, 0) is 73.8 Å². The summed E-state index contributed by atoms with van der Waals surface area (Å²) in [6.45, 7) is 3.65. The summed E-state index contributed by atoms with van der Waals surface area (Å²) in [7, 11) is 0. The van der Waals surface area contributed by atoms with Crippen molar-refractivity contribution in [1.29, 1.82) is 0 Å².